The van der Waals surface area contributed by atoms with E-state index in [0.717, 1.165) is 21.0 Å². The smallest absolute Gasteiger partial charge is 0.332 e. The summed E-state index contributed by atoms with van der Waals surface area (Å²) in [6.07, 6.45) is 3.08. The Labute approximate surface area is 216 Å². The number of hydrogen-bond donors (Lipinski definition) is 2. The maximum absolute atomic E-state index is 13.5. The summed E-state index contributed by atoms with van der Waals surface area (Å²) in [6.45, 7) is 4.41. The lowest BCUT2D eigenvalue weighted by atomic mass is 10.1. The van der Waals surface area contributed by atoms with Gasteiger partial charge in [-0.25, -0.2) is 23.3 Å². The Morgan fingerprint density at radius 3 is 2.57 bits per heavy atom. The van der Waals surface area contributed by atoms with E-state index in [2.05, 4.69) is 9.97 Å². The van der Waals surface area contributed by atoms with Crippen molar-refractivity contribution in [2.45, 2.75) is 32.0 Å². The predicted molar refractivity (Wildman–Crippen MR) is 140 cm³/mol. The highest BCUT2D eigenvalue weighted by atomic mass is 35.5. The van der Waals surface area contributed by atoms with Crippen molar-refractivity contribution in [1.29, 1.82) is 0 Å². The number of fused-ring (bicyclic) bond motifs is 2. The Bertz CT molecular complexity index is 1920. The van der Waals surface area contributed by atoms with Crippen LogP contribution in [-0.4, -0.2) is 41.9 Å². The fraction of sp³-hybridized carbons (Fsp3) is 0.304. The molecule has 5 aromatic rings. The third kappa shape index (κ3) is 4.18. The molecule has 37 heavy (non-hydrogen) atoms. The summed E-state index contributed by atoms with van der Waals surface area (Å²) < 4.78 is 29.6. The molecule has 4 aromatic heterocycles. The SMILES string of the molecule is CC(C)Cn1c(=O)n(C)c(=O)c2c(-c3nc(S(N)(=O)=O)cn3C)n(Cc3c[nH]c4ccc(Cl)cc34)nc21. The van der Waals surface area contributed by atoms with E-state index in [1.165, 1.54) is 22.4 Å². The first-order valence-electron chi connectivity index (χ1n) is 11.4. The number of nitrogens with one attached hydrogen (secondary N) is 1. The summed E-state index contributed by atoms with van der Waals surface area (Å²) in [5.41, 5.74) is 1.08. The molecule has 0 saturated heterocycles. The summed E-state index contributed by atoms with van der Waals surface area (Å²) in [5.74, 6) is 0.251. The molecule has 0 aliphatic heterocycles. The van der Waals surface area contributed by atoms with Gasteiger partial charge in [0.15, 0.2) is 16.5 Å². The second-order valence-corrected chi connectivity index (χ2v) is 11.4. The summed E-state index contributed by atoms with van der Waals surface area (Å²) in [6, 6.07) is 5.45. The molecule has 1 aromatic carbocycles. The van der Waals surface area contributed by atoms with Crippen LogP contribution in [0.4, 0.5) is 0 Å². The largest absolute Gasteiger partial charge is 0.361 e. The second-order valence-electron chi connectivity index (χ2n) is 9.42. The fourth-order valence-electron chi connectivity index (χ4n) is 4.47. The molecule has 0 aliphatic carbocycles. The Balaban J connectivity index is 1.87. The van der Waals surface area contributed by atoms with Crippen molar-refractivity contribution >= 4 is 43.6 Å². The van der Waals surface area contributed by atoms with Gasteiger partial charge in [0.05, 0.1) is 6.54 Å². The van der Waals surface area contributed by atoms with Gasteiger partial charge in [-0.05, 0) is 29.7 Å². The lowest BCUT2D eigenvalue weighted by molar-refractivity contribution is 0.498. The molecule has 0 saturated carbocycles. The van der Waals surface area contributed by atoms with Gasteiger partial charge in [0.25, 0.3) is 15.6 Å². The van der Waals surface area contributed by atoms with Crippen LogP contribution in [0.2, 0.25) is 5.02 Å². The van der Waals surface area contributed by atoms with Gasteiger partial charge in [0, 0.05) is 49.0 Å². The number of H-pyrrole nitrogens is 1. The zero-order valence-electron chi connectivity index (χ0n) is 20.6. The number of sulfonamides is 1. The van der Waals surface area contributed by atoms with E-state index >= 15 is 0 Å². The Morgan fingerprint density at radius 2 is 1.92 bits per heavy atom. The van der Waals surface area contributed by atoms with Crippen molar-refractivity contribution in [2.24, 2.45) is 25.2 Å². The van der Waals surface area contributed by atoms with Gasteiger partial charge in [0.1, 0.15) is 11.1 Å². The van der Waals surface area contributed by atoms with E-state index < -0.39 is 21.3 Å². The van der Waals surface area contributed by atoms with Gasteiger partial charge in [-0.1, -0.05) is 25.4 Å². The zero-order chi connectivity index (χ0) is 26.8. The molecule has 0 radical (unpaired) electrons. The molecule has 0 atom stereocenters. The highest BCUT2D eigenvalue weighted by Gasteiger charge is 2.27. The number of imidazole rings is 1. The van der Waals surface area contributed by atoms with E-state index in [9.17, 15) is 18.0 Å². The quantitative estimate of drug-likeness (QED) is 0.332. The third-order valence-corrected chi connectivity index (χ3v) is 7.20. The number of aryl methyl sites for hydroxylation is 1. The Morgan fingerprint density at radius 1 is 1.19 bits per heavy atom. The first-order valence-corrected chi connectivity index (χ1v) is 13.3. The number of rotatable bonds is 6. The first-order chi connectivity index (χ1) is 17.4. The third-order valence-electron chi connectivity index (χ3n) is 6.18. The van der Waals surface area contributed by atoms with E-state index in [4.69, 9.17) is 21.8 Å². The van der Waals surface area contributed by atoms with Crippen LogP contribution >= 0.6 is 11.6 Å². The minimum absolute atomic E-state index is 0.0879. The summed E-state index contributed by atoms with van der Waals surface area (Å²) in [4.78, 5) is 34.0. The number of aromatic nitrogens is 7. The van der Waals surface area contributed by atoms with Crippen LogP contribution in [0.15, 0.2) is 45.2 Å². The average Bonchev–Trinajstić information content (AvgIpc) is 3.50. The van der Waals surface area contributed by atoms with Gasteiger partial charge >= 0.3 is 5.69 Å². The van der Waals surface area contributed by atoms with Crippen molar-refractivity contribution in [1.82, 2.24) is 33.4 Å². The van der Waals surface area contributed by atoms with Crippen molar-refractivity contribution in [3.63, 3.8) is 0 Å². The minimum atomic E-state index is -4.11. The van der Waals surface area contributed by atoms with Gasteiger partial charge in [-0.3, -0.25) is 18.6 Å². The maximum atomic E-state index is 13.5. The van der Waals surface area contributed by atoms with Crippen LogP contribution in [-0.2, 0) is 37.2 Å². The number of halogens is 1. The molecule has 5 rings (SSSR count). The van der Waals surface area contributed by atoms with Gasteiger partial charge < -0.3 is 9.55 Å². The number of primary sulfonamides is 1. The monoisotopic (exact) mass is 544 g/mol. The molecular formula is C23H25ClN8O4S. The molecule has 0 fully saturated rings. The standard InChI is InChI=1S/C23H25ClN8O4S/c1-12(2)9-31-20-18(22(33)30(4)23(31)34)19(21-27-17(11-29(21)3)37(25,35)36)32(28-20)10-13-8-26-16-6-5-14(24)7-15(13)16/h5-8,11-12,26H,9-10H2,1-4H3,(H2,25,35,36). The molecule has 0 bridgehead atoms. The normalized spacial score (nSPS) is 12.4. The van der Waals surface area contributed by atoms with Crippen molar-refractivity contribution in [3.05, 3.63) is 62.0 Å². The average molecular weight is 545 g/mol. The van der Waals surface area contributed by atoms with Crippen LogP contribution in [0.5, 0.6) is 0 Å². The number of hydrogen-bond acceptors (Lipinski definition) is 6. The Kier molecular flexibility index (Phi) is 5.89. The number of benzene rings is 1. The lowest BCUT2D eigenvalue weighted by Gasteiger charge is -2.10. The Hall–Kier alpha value is -3.68. The van der Waals surface area contributed by atoms with Crippen LogP contribution in [0, 0.1) is 5.92 Å². The zero-order valence-corrected chi connectivity index (χ0v) is 22.1. The van der Waals surface area contributed by atoms with Gasteiger partial charge in [-0.15, -0.1) is 0 Å². The lowest BCUT2D eigenvalue weighted by Crippen LogP contribution is -2.38. The molecular weight excluding hydrogens is 520 g/mol. The number of nitrogens with two attached hydrogens (primary N) is 1. The predicted octanol–water partition coefficient (Wildman–Crippen LogP) is 1.78. The van der Waals surface area contributed by atoms with E-state index in [1.807, 2.05) is 32.2 Å². The van der Waals surface area contributed by atoms with E-state index in [-0.39, 0.29) is 40.0 Å². The molecule has 0 aliphatic rings. The van der Waals surface area contributed by atoms with Gasteiger partial charge in [0.2, 0.25) is 0 Å². The first kappa shape index (κ1) is 25.0. The summed E-state index contributed by atoms with van der Waals surface area (Å²) >= 11 is 6.23. The molecule has 12 nitrogen and oxygen atoms in total. The summed E-state index contributed by atoms with van der Waals surface area (Å²) in [7, 11) is -1.12. The highest BCUT2D eigenvalue weighted by Crippen LogP contribution is 2.29. The van der Waals surface area contributed by atoms with Gasteiger partial charge in [-0.2, -0.15) is 5.10 Å². The van der Waals surface area contributed by atoms with Crippen LogP contribution in [0.25, 0.3) is 33.5 Å². The number of aromatic amines is 1. The highest BCUT2D eigenvalue weighted by molar-refractivity contribution is 7.89. The van der Waals surface area contributed by atoms with Crippen LogP contribution in [0.1, 0.15) is 19.4 Å². The van der Waals surface area contributed by atoms with E-state index in [1.54, 1.807) is 17.8 Å². The molecule has 194 valence electrons. The molecule has 0 unspecified atom stereocenters. The topological polar surface area (TPSA) is 156 Å². The second kappa shape index (κ2) is 8.71. The molecule has 14 heteroatoms. The van der Waals surface area contributed by atoms with E-state index in [0.29, 0.717) is 11.6 Å². The molecule has 4 heterocycles. The molecule has 0 spiro atoms. The summed E-state index contributed by atoms with van der Waals surface area (Å²) in [5, 5.41) is 11.2. The van der Waals surface area contributed by atoms with Crippen LogP contribution in [0.3, 0.4) is 0 Å². The maximum Gasteiger partial charge on any atom is 0.332 e. The fourth-order valence-corrected chi connectivity index (χ4v) is 5.16. The van der Waals surface area contributed by atoms with Crippen molar-refractivity contribution in [3.8, 4) is 11.5 Å². The van der Waals surface area contributed by atoms with Crippen LogP contribution < -0.4 is 16.4 Å². The molecule has 3 N–H and O–H groups in total. The van der Waals surface area contributed by atoms with Crippen molar-refractivity contribution < 1.29 is 8.42 Å². The minimum Gasteiger partial charge on any atom is -0.361 e. The number of nitrogens with zero attached hydrogens (tertiary/aromatic N) is 6. The van der Waals surface area contributed by atoms with Crippen molar-refractivity contribution in [2.75, 3.05) is 0 Å². The molecule has 0 amide bonds.